The summed E-state index contributed by atoms with van der Waals surface area (Å²) < 4.78 is 6.03. The molecule has 1 saturated heterocycles. The van der Waals surface area contributed by atoms with Gasteiger partial charge in [-0.2, -0.15) is 0 Å². The Hall–Kier alpha value is -3.06. The van der Waals surface area contributed by atoms with E-state index in [1.165, 1.54) is 5.69 Å². The maximum Gasteiger partial charge on any atom is 0.251 e. The Kier molecular flexibility index (Phi) is 5.74. The molecule has 3 aliphatic heterocycles. The number of ether oxygens (including phenoxy) is 1. The number of hydrogen-bond acceptors (Lipinski definition) is 5. The van der Waals surface area contributed by atoms with Gasteiger partial charge in [0.15, 0.2) is 0 Å². The van der Waals surface area contributed by atoms with Crippen LogP contribution in [-0.4, -0.2) is 57.2 Å². The van der Waals surface area contributed by atoms with Gasteiger partial charge in [-0.1, -0.05) is 6.07 Å². The standard InChI is InChI=1S/C25H30N4O3/c1-17(30)29-10-2-3-18-13-20(5-7-23(18)29)25(31)27-21-14-19-4-6-22(15-24(19)32-16-21)28-11-8-26-9-12-28/h4-7,13,15,21,26H,2-3,8-12,14,16H2,1H3,(H,27,31)/t21-/m1/s1. The lowest BCUT2D eigenvalue weighted by molar-refractivity contribution is -0.116. The number of fused-ring (bicyclic) bond motifs is 2. The number of carbonyl (C=O) groups is 2. The molecule has 32 heavy (non-hydrogen) atoms. The van der Waals surface area contributed by atoms with Crippen LogP contribution in [0.4, 0.5) is 11.4 Å². The molecule has 2 aromatic carbocycles. The van der Waals surface area contributed by atoms with Crippen LogP contribution in [0.1, 0.15) is 34.8 Å². The molecule has 0 unspecified atom stereocenters. The molecule has 0 aliphatic carbocycles. The number of aryl methyl sites for hydroxylation is 1. The van der Waals surface area contributed by atoms with Gasteiger partial charge in [0.25, 0.3) is 5.91 Å². The Balaban J connectivity index is 1.25. The van der Waals surface area contributed by atoms with Crippen molar-refractivity contribution < 1.29 is 14.3 Å². The predicted molar refractivity (Wildman–Crippen MR) is 125 cm³/mol. The SMILES string of the molecule is CC(=O)N1CCCc2cc(C(=O)N[C@H]3COc4cc(N5CCNCC5)ccc4C3)ccc21. The zero-order valence-electron chi connectivity index (χ0n) is 18.5. The lowest BCUT2D eigenvalue weighted by atomic mass is 9.98. The highest BCUT2D eigenvalue weighted by atomic mass is 16.5. The molecule has 2 N–H and O–H groups in total. The number of nitrogens with zero attached hydrogens (tertiary/aromatic N) is 2. The van der Waals surface area contributed by atoms with Crippen LogP contribution in [0.25, 0.3) is 0 Å². The van der Waals surface area contributed by atoms with Gasteiger partial charge >= 0.3 is 0 Å². The molecule has 2 aromatic rings. The summed E-state index contributed by atoms with van der Waals surface area (Å²) in [4.78, 5) is 29.0. The van der Waals surface area contributed by atoms with E-state index in [-0.39, 0.29) is 17.9 Å². The van der Waals surface area contributed by atoms with E-state index in [1.807, 2.05) is 18.2 Å². The molecule has 0 aromatic heterocycles. The summed E-state index contributed by atoms with van der Waals surface area (Å²) in [5.41, 5.74) is 4.94. The second-order valence-electron chi connectivity index (χ2n) is 8.83. The van der Waals surface area contributed by atoms with Gasteiger partial charge in [-0.05, 0) is 54.7 Å². The van der Waals surface area contributed by atoms with Gasteiger partial charge in [0.2, 0.25) is 5.91 Å². The average Bonchev–Trinajstić information content (AvgIpc) is 2.83. The van der Waals surface area contributed by atoms with Gasteiger partial charge in [-0.3, -0.25) is 9.59 Å². The van der Waals surface area contributed by atoms with E-state index in [0.29, 0.717) is 12.2 Å². The van der Waals surface area contributed by atoms with Crippen LogP contribution in [0.15, 0.2) is 36.4 Å². The minimum absolute atomic E-state index is 0.0429. The van der Waals surface area contributed by atoms with Crippen LogP contribution >= 0.6 is 0 Å². The molecule has 5 rings (SSSR count). The third-order valence-electron chi connectivity index (χ3n) is 6.61. The molecular formula is C25H30N4O3. The molecule has 2 amide bonds. The third-order valence-corrected chi connectivity index (χ3v) is 6.61. The first-order valence-corrected chi connectivity index (χ1v) is 11.5. The van der Waals surface area contributed by atoms with Gasteiger partial charge in [-0.25, -0.2) is 0 Å². The Morgan fingerprint density at radius 2 is 1.91 bits per heavy atom. The van der Waals surface area contributed by atoms with Gasteiger partial charge in [0, 0.05) is 62.7 Å². The van der Waals surface area contributed by atoms with Crippen molar-refractivity contribution in [2.75, 3.05) is 49.1 Å². The van der Waals surface area contributed by atoms with E-state index >= 15 is 0 Å². The number of hydrogen-bond donors (Lipinski definition) is 2. The summed E-state index contributed by atoms with van der Waals surface area (Å²) in [6, 6.07) is 12.0. The number of piperazine rings is 1. The van der Waals surface area contributed by atoms with E-state index in [9.17, 15) is 9.59 Å². The fourth-order valence-electron chi connectivity index (χ4n) is 4.91. The van der Waals surface area contributed by atoms with Gasteiger partial charge < -0.3 is 25.2 Å². The summed E-state index contributed by atoms with van der Waals surface area (Å²) in [6.45, 7) is 6.80. The van der Waals surface area contributed by atoms with Crippen molar-refractivity contribution in [1.82, 2.24) is 10.6 Å². The van der Waals surface area contributed by atoms with Crippen molar-refractivity contribution in [2.45, 2.75) is 32.2 Å². The summed E-state index contributed by atoms with van der Waals surface area (Å²) in [5, 5.41) is 6.51. The van der Waals surface area contributed by atoms with E-state index in [4.69, 9.17) is 4.74 Å². The largest absolute Gasteiger partial charge is 0.491 e. The minimum atomic E-state index is -0.0952. The summed E-state index contributed by atoms with van der Waals surface area (Å²) in [7, 11) is 0. The number of rotatable bonds is 3. The number of anilines is 2. The van der Waals surface area contributed by atoms with Crippen LogP contribution < -0.4 is 25.2 Å². The Bertz CT molecular complexity index is 1030. The third kappa shape index (κ3) is 4.17. The van der Waals surface area contributed by atoms with Crippen LogP contribution in [0.2, 0.25) is 0 Å². The number of amides is 2. The maximum atomic E-state index is 12.9. The lowest BCUT2D eigenvalue weighted by Crippen LogP contribution is -2.44. The predicted octanol–water partition coefficient (Wildman–Crippen LogP) is 2.13. The normalized spacial score (nSPS) is 20.1. The second kappa shape index (κ2) is 8.82. The van der Waals surface area contributed by atoms with E-state index in [0.717, 1.165) is 74.6 Å². The Morgan fingerprint density at radius 3 is 2.72 bits per heavy atom. The van der Waals surface area contributed by atoms with Crippen molar-refractivity contribution in [3.05, 3.63) is 53.1 Å². The van der Waals surface area contributed by atoms with E-state index in [1.54, 1.807) is 11.8 Å². The number of carbonyl (C=O) groups excluding carboxylic acids is 2. The maximum absolute atomic E-state index is 12.9. The topological polar surface area (TPSA) is 73.9 Å². The molecule has 7 nitrogen and oxygen atoms in total. The fourth-order valence-corrected chi connectivity index (χ4v) is 4.91. The first-order chi connectivity index (χ1) is 15.6. The zero-order chi connectivity index (χ0) is 22.1. The molecule has 0 radical (unpaired) electrons. The molecule has 0 spiro atoms. The minimum Gasteiger partial charge on any atom is -0.491 e. The molecule has 168 valence electrons. The highest BCUT2D eigenvalue weighted by molar-refractivity contribution is 5.97. The molecule has 7 heteroatoms. The van der Waals surface area contributed by atoms with Crippen molar-refractivity contribution >= 4 is 23.2 Å². The molecular weight excluding hydrogens is 404 g/mol. The second-order valence-corrected chi connectivity index (χ2v) is 8.83. The Labute approximate surface area is 188 Å². The van der Waals surface area contributed by atoms with Gasteiger partial charge in [0.1, 0.15) is 12.4 Å². The average molecular weight is 435 g/mol. The molecule has 0 saturated carbocycles. The summed E-state index contributed by atoms with van der Waals surface area (Å²) in [5.74, 6) is 0.869. The molecule has 1 atom stereocenters. The Morgan fingerprint density at radius 1 is 1.06 bits per heavy atom. The molecule has 3 aliphatic rings. The number of nitrogens with one attached hydrogen (secondary N) is 2. The first-order valence-electron chi connectivity index (χ1n) is 11.5. The fraction of sp³-hybridized carbons (Fsp3) is 0.440. The quantitative estimate of drug-likeness (QED) is 0.774. The van der Waals surface area contributed by atoms with Crippen LogP contribution in [0.5, 0.6) is 5.75 Å². The zero-order valence-corrected chi connectivity index (χ0v) is 18.5. The van der Waals surface area contributed by atoms with Crippen molar-refractivity contribution in [3.8, 4) is 5.75 Å². The van der Waals surface area contributed by atoms with Crippen molar-refractivity contribution in [2.24, 2.45) is 0 Å². The van der Waals surface area contributed by atoms with Gasteiger partial charge in [-0.15, -0.1) is 0 Å². The number of benzene rings is 2. The van der Waals surface area contributed by atoms with Crippen molar-refractivity contribution in [3.63, 3.8) is 0 Å². The smallest absolute Gasteiger partial charge is 0.251 e. The van der Waals surface area contributed by atoms with Crippen LogP contribution in [0.3, 0.4) is 0 Å². The highest BCUT2D eigenvalue weighted by Crippen LogP contribution is 2.31. The molecule has 3 heterocycles. The highest BCUT2D eigenvalue weighted by Gasteiger charge is 2.25. The molecule has 1 fully saturated rings. The summed E-state index contributed by atoms with van der Waals surface area (Å²) in [6.07, 6.45) is 2.56. The van der Waals surface area contributed by atoms with Crippen LogP contribution in [-0.2, 0) is 17.6 Å². The van der Waals surface area contributed by atoms with Crippen molar-refractivity contribution in [1.29, 1.82) is 0 Å². The van der Waals surface area contributed by atoms with Crippen LogP contribution in [0, 0.1) is 0 Å². The lowest BCUT2D eigenvalue weighted by Gasteiger charge is -2.32. The van der Waals surface area contributed by atoms with Gasteiger partial charge in [0.05, 0.1) is 6.04 Å². The summed E-state index contributed by atoms with van der Waals surface area (Å²) >= 11 is 0. The first kappa shape index (κ1) is 20.8. The van der Waals surface area contributed by atoms with E-state index < -0.39 is 0 Å². The monoisotopic (exact) mass is 434 g/mol. The van der Waals surface area contributed by atoms with E-state index in [2.05, 4.69) is 33.7 Å². The molecule has 0 bridgehead atoms.